The van der Waals surface area contributed by atoms with Crippen LogP contribution in [0, 0.1) is 0 Å². The molecule has 1 aromatic heterocycles. The van der Waals surface area contributed by atoms with Crippen LogP contribution in [0.25, 0.3) is 11.4 Å². The molecule has 106 valence electrons. The van der Waals surface area contributed by atoms with Crippen LogP contribution >= 0.6 is 0 Å². The van der Waals surface area contributed by atoms with Gasteiger partial charge in [0.1, 0.15) is 6.33 Å². The fourth-order valence-electron chi connectivity index (χ4n) is 1.96. The van der Waals surface area contributed by atoms with Gasteiger partial charge in [-0.25, -0.2) is 0 Å². The highest BCUT2D eigenvalue weighted by atomic mass is 16.2. The van der Waals surface area contributed by atoms with Gasteiger partial charge in [-0.2, -0.15) is 0 Å². The highest BCUT2D eigenvalue weighted by Gasteiger charge is 2.13. The summed E-state index contributed by atoms with van der Waals surface area (Å²) in [4.78, 5) is 11.9. The van der Waals surface area contributed by atoms with Gasteiger partial charge in [-0.3, -0.25) is 4.79 Å². The van der Waals surface area contributed by atoms with Crippen LogP contribution in [-0.4, -0.2) is 26.7 Å². The average molecular weight is 273 g/mol. The number of hydrogen-bond acceptors (Lipinski definition) is 4. The number of amides is 1. The van der Waals surface area contributed by atoms with Crippen molar-refractivity contribution in [2.75, 3.05) is 5.32 Å². The molecule has 2 aromatic rings. The number of nitrogens with two attached hydrogens (primary N) is 1. The summed E-state index contributed by atoms with van der Waals surface area (Å²) in [5.41, 5.74) is 7.40. The van der Waals surface area contributed by atoms with Crippen LogP contribution < -0.4 is 11.1 Å². The van der Waals surface area contributed by atoms with Gasteiger partial charge in [-0.05, 0) is 18.6 Å². The summed E-state index contributed by atoms with van der Waals surface area (Å²) in [6.07, 6.45) is 3.19. The van der Waals surface area contributed by atoms with Crippen molar-refractivity contribution in [3.8, 4) is 11.4 Å². The number of aryl methyl sites for hydroxylation is 1. The van der Waals surface area contributed by atoms with Gasteiger partial charge in [-0.15, -0.1) is 10.2 Å². The number of benzene rings is 1. The van der Waals surface area contributed by atoms with Crippen molar-refractivity contribution < 1.29 is 4.79 Å². The van der Waals surface area contributed by atoms with Crippen molar-refractivity contribution in [2.45, 2.75) is 25.8 Å². The lowest BCUT2D eigenvalue weighted by atomic mass is 10.1. The zero-order valence-corrected chi connectivity index (χ0v) is 11.7. The molecule has 1 amide bonds. The Kier molecular flexibility index (Phi) is 4.47. The Balaban J connectivity index is 2.15. The van der Waals surface area contributed by atoms with Gasteiger partial charge >= 0.3 is 0 Å². The van der Waals surface area contributed by atoms with Crippen LogP contribution in [0.5, 0.6) is 0 Å². The predicted molar refractivity (Wildman–Crippen MR) is 78.0 cm³/mol. The molecule has 1 unspecified atom stereocenters. The second kappa shape index (κ2) is 6.29. The van der Waals surface area contributed by atoms with Gasteiger partial charge in [0.2, 0.25) is 5.91 Å². The van der Waals surface area contributed by atoms with E-state index >= 15 is 0 Å². The molecule has 6 heteroatoms. The first-order chi connectivity index (χ1) is 9.61. The van der Waals surface area contributed by atoms with Crippen LogP contribution in [0.4, 0.5) is 5.69 Å². The lowest BCUT2D eigenvalue weighted by molar-refractivity contribution is -0.117. The number of nitrogens with zero attached hydrogens (tertiary/aromatic N) is 3. The van der Waals surface area contributed by atoms with E-state index in [0.717, 1.165) is 17.8 Å². The Bertz CT molecular complexity index is 593. The molecule has 0 aliphatic heterocycles. The molecule has 0 aliphatic carbocycles. The van der Waals surface area contributed by atoms with Crippen molar-refractivity contribution in [3.63, 3.8) is 0 Å². The third kappa shape index (κ3) is 3.21. The summed E-state index contributed by atoms with van der Waals surface area (Å²) in [6.45, 7) is 2.00. The number of aromatic nitrogens is 3. The maximum absolute atomic E-state index is 11.9. The van der Waals surface area contributed by atoms with Gasteiger partial charge in [0.15, 0.2) is 5.82 Å². The van der Waals surface area contributed by atoms with Crippen molar-refractivity contribution in [2.24, 2.45) is 12.8 Å². The molecule has 1 aromatic carbocycles. The molecule has 0 bridgehead atoms. The topological polar surface area (TPSA) is 85.8 Å². The standard InChI is InChI=1S/C14H19N5O/c1-3-5-12(15)14(20)17-11-7-4-6-10(8-11)13-18-16-9-19(13)2/h4,6-9,12H,3,5,15H2,1-2H3,(H,17,20). The molecular weight excluding hydrogens is 254 g/mol. The number of anilines is 1. The van der Waals surface area contributed by atoms with E-state index in [1.54, 1.807) is 6.33 Å². The summed E-state index contributed by atoms with van der Waals surface area (Å²) in [7, 11) is 1.87. The fourth-order valence-corrected chi connectivity index (χ4v) is 1.96. The van der Waals surface area contributed by atoms with E-state index in [4.69, 9.17) is 5.73 Å². The maximum atomic E-state index is 11.9. The summed E-state index contributed by atoms with van der Waals surface area (Å²) >= 11 is 0. The van der Waals surface area contributed by atoms with Gasteiger partial charge in [0.25, 0.3) is 0 Å². The van der Waals surface area contributed by atoms with Crippen LogP contribution in [0.15, 0.2) is 30.6 Å². The minimum absolute atomic E-state index is 0.165. The van der Waals surface area contributed by atoms with E-state index in [9.17, 15) is 4.79 Å². The maximum Gasteiger partial charge on any atom is 0.241 e. The number of hydrogen-bond donors (Lipinski definition) is 2. The molecule has 0 aliphatic rings. The van der Waals surface area contributed by atoms with Crippen molar-refractivity contribution in [1.82, 2.24) is 14.8 Å². The van der Waals surface area contributed by atoms with Crippen LogP contribution in [0.3, 0.4) is 0 Å². The first-order valence-electron chi connectivity index (χ1n) is 6.62. The van der Waals surface area contributed by atoms with Gasteiger partial charge in [0, 0.05) is 18.3 Å². The lowest BCUT2D eigenvalue weighted by Crippen LogP contribution is -2.35. The second-order valence-electron chi connectivity index (χ2n) is 4.73. The van der Waals surface area contributed by atoms with Crippen LogP contribution in [-0.2, 0) is 11.8 Å². The van der Waals surface area contributed by atoms with Crippen LogP contribution in [0.2, 0.25) is 0 Å². The molecule has 3 N–H and O–H groups in total. The van der Waals surface area contributed by atoms with Crippen molar-refractivity contribution in [3.05, 3.63) is 30.6 Å². The summed E-state index contributed by atoms with van der Waals surface area (Å²) in [5, 5.41) is 10.7. The molecular formula is C14H19N5O. The molecule has 0 spiro atoms. The zero-order valence-electron chi connectivity index (χ0n) is 11.7. The van der Waals surface area contributed by atoms with E-state index in [1.165, 1.54) is 0 Å². The fraction of sp³-hybridized carbons (Fsp3) is 0.357. The molecule has 0 radical (unpaired) electrons. The normalized spacial score (nSPS) is 12.2. The Labute approximate surface area is 118 Å². The average Bonchev–Trinajstić information content (AvgIpc) is 2.85. The number of carbonyl (C=O) groups excluding carboxylic acids is 1. The molecule has 2 rings (SSSR count). The molecule has 1 heterocycles. The highest BCUT2D eigenvalue weighted by molar-refractivity contribution is 5.95. The third-order valence-electron chi connectivity index (χ3n) is 3.04. The van der Waals surface area contributed by atoms with Crippen LogP contribution in [0.1, 0.15) is 19.8 Å². The minimum atomic E-state index is -0.474. The highest BCUT2D eigenvalue weighted by Crippen LogP contribution is 2.20. The summed E-state index contributed by atoms with van der Waals surface area (Å²) in [6, 6.07) is 7.01. The number of nitrogens with one attached hydrogen (secondary N) is 1. The third-order valence-corrected chi connectivity index (χ3v) is 3.04. The summed E-state index contributed by atoms with van der Waals surface area (Å²) < 4.78 is 1.82. The molecule has 0 saturated carbocycles. The smallest absolute Gasteiger partial charge is 0.241 e. The lowest BCUT2D eigenvalue weighted by Gasteiger charge is -2.11. The largest absolute Gasteiger partial charge is 0.325 e. The van der Waals surface area contributed by atoms with Gasteiger partial charge in [-0.1, -0.05) is 25.5 Å². The Hall–Kier alpha value is -2.21. The Morgan fingerprint density at radius 1 is 1.50 bits per heavy atom. The van der Waals surface area contributed by atoms with E-state index in [-0.39, 0.29) is 5.91 Å². The molecule has 6 nitrogen and oxygen atoms in total. The molecule has 0 fully saturated rings. The molecule has 1 atom stereocenters. The summed E-state index contributed by atoms with van der Waals surface area (Å²) in [5.74, 6) is 0.584. The van der Waals surface area contributed by atoms with Gasteiger partial charge in [0.05, 0.1) is 6.04 Å². The van der Waals surface area contributed by atoms with E-state index in [0.29, 0.717) is 12.1 Å². The second-order valence-corrected chi connectivity index (χ2v) is 4.73. The van der Waals surface area contributed by atoms with E-state index in [2.05, 4.69) is 15.5 Å². The molecule has 0 saturated heterocycles. The zero-order chi connectivity index (χ0) is 14.5. The first kappa shape index (κ1) is 14.2. The van der Waals surface area contributed by atoms with Gasteiger partial charge < -0.3 is 15.6 Å². The first-order valence-corrected chi connectivity index (χ1v) is 6.62. The van der Waals surface area contributed by atoms with E-state index < -0.39 is 6.04 Å². The number of rotatable bonds is 5. The Morgan fingerprint density at radius 3 is 2.95 bits per heavy atom. The monoisotopic (exact) mass is 273 g/mol. The molecule has 20 heavy (non-hydrogen) atoms. The minimum Gasteiger partial charge on any atom is -0.325 e. The predicted octanol–water partition coefficient (Wildman–Crippen LogP) is 1.55. The SMILES string of the molecule is CCCC(N)C(=O)Nc1cccc(-c2nncn2C)c1. The quantitative estimate of drug-likeness (QED) is 0.865. The Morgan fingerprint density at radius 2 is 2.30 bits per heavy atom. The van der Waals surface area contributed by atoms with Crippen molar-refractivity contribution in [1.29, 1.82) is 0 Å². The van der Waals surface area contributed by atoms with Crippen molar-refractivity contribution >= 4 is 11.6 Å². The van der Waals surface area contributed by atoms with E-state index in [1.807, 2.05) is 42.8 Å². The number of carbonyl (C=O) groups is 1.